The van der Waals surface area contributed by atoms with Crippen molar-refractivity contribution < 1.29 is 14.3 Å². The van der Waals surface area contributed by atoms with Gasteiger partial charge in [-0.25, -0.2) is 0 Å². The fourth-order valence-electron chi connectivity index (χ4n) is 1.71. The third kappa shape index (κ3) is 2.32. The Morgan fingerprint density at radius 2 is 2.17 bits per heavy atom. The molecule has 0 N–H and O–H groups in total. The summed E-state index contributed by atoms with van der Waals surface area (Å²) < 4.78 is 5.14. The van der Waals surface area contributed by atoms with Gasteiger partial charge in [-0.05, 0) is 30.7 Å². The van der Waals surface area contributed by atoms with Gasteiger partial charge in [0.25, 0.3) is 5.91 Å². The molecule has 92 valence electrons. The number of hydrogen-bond acceptors (Lipinski definition) is 3. The van der Waals surface area contributed by atoms with Crippen molar-refractivity contribution in [2.24, 2.45) is 0 Å². The van der Waals surface area contributed by atoms with Crippen LogP contribution in [0.3, 0.4) is 0 Å². The normalized spacial score (nSPS) is 14.5. The van der Waals surface area contributed by atoms with Gasteiger partial charge in [-0.2, -0.15) is 0 Å². The number of allylic oxidation sites excluding steroid dienone is 3. The Balaban J connectivity index is 2.33. The van der Waals surface area contributed by atoms with Gasteiger partial charge in [0.2, 0.25) is 0 Å². The van der Waals surface area contributed by atoms with E-state index in [1.807, 2.05) is 19.1 Å². The van der Waals surface area contributed by atoms with E-state index in [1.54, 1.807) is 24.3 Å². The molecule has 0 bridgehead atoms. The predicted molar refractivity (Wildman–Crippen MR) is 66.6 cm³/mol. The molecule has 4 heteroatoms. The monoisotopic (exact) mass is 243 g/mol. The zero-order chi connectivity index (χ0) is 13.0. The highest BCUT2D eigenvalue weighted by atomic mass is 16.5. The van der Waals surface area contributed by atoms with Crippen LogP contribution in [-0.4, -0.2) is 23.8 Å². The molecule has 1 aromatic rings. The summed E-state index contributed by atoms with van der Waals surface area (Å²) in [6, 6.07) is 7.25. The molecule has 0 radical (unpaired) electrons. The summed E-state index contributed by atoms with van der Waals surface area (Å²) in [4.78, 5) is 24.7. The molecule has 1 aromatic carbocycles. The van der Waals surface area contributed by atoms with E-state index in [4.69, 9.17) is 4.74 Å². The van der Waals surface area contributed by atoms with Gasteiger partial charge in [0.05, 0.1) is 12.0 Å². The van der Waals surface area contributed by atoms with Crippen LogP contribution in [-0.2, 0) is 9.53 Å². The number of carbonyl (C=O) groups is 2. The number of aryl methyl sites for hydroxylation is 1. The summed E-state index contributed by atoms with van der Waals surface area (Å²) in [5, 5.41) is 0. The molecule has 1 aliphatic heterocycles. The summed E-state index contributed by atoms with van der Waals surface area (Å²) >= 11 is 0. The number of hydrogen-bond donors (Lipinski definition) is 0. The second-order valence-corrected chi connectivity index (χ2v) is 3.88. The summed E-state index contributed by atoms with van der Waals surface area (Å²) in [5.74, 6) is -0.241. The first-order valence-corrected chi connectivity index (χ1v) is 5.55. The molecule has 0 atom stereocenters. The lowest BCUT2D eigenvalue weighted by atomic mass is 10.1. The lowest BCUT2D eigenvalue weighted by molar-refractivity contribution is -0.106. The largest absolute Gasteiger partial charge is 0.480 e. The second kappa shape index (κ2) is 5.31. The van der Waals surface area contributed by atoms with Crippen LogP contribution in [0.4, 0.5) is 0 Å². The highest BCUT2D eigenvalue weighted by Crippen LogP contribution is 2.15. The molecule has 0 saturated carbocycles. The SMILES string of the molecule is Cc1ccccc1C(=O)N1COC=CC=C1C=O. The molecule has 2 rings (SSSR count). The minimum absolute atomic E-state index is 0.0360. The minimum Gasteiger partial charge on any atom is -0.480 e. The Kier molecular flexibility index (Phi) is 3.57. The summed E-state index contributed by atoms with van der Waals surface area (Å²) in [6.07, 6.45) is 5.24. The first-order valence-electron chi connectivity index (χ1n) is 5.55. The molecule has 0 spiro atoms. The maximum absolute atomic E-state index is 12.4. The van der Waals surface area contributed by atoms with Gasteiger partial charge >= 0.3 is 0 Å². The van der Waals surface area contributed by atoms with E-state index in [-0.39, 0.29) is 18.3 Å². The van der Waals surface area contributed by atoms with Gasteiger partial charge in [-0.1, -0.05) is 18.2 Å². The molecule has 1 aliphatic rings. The van der Waals surface area contributed by atoms with Crippen molar-refractivity contribution in [2.75, 3.05) is 6.73 Å². The number of aldehydes is 1. The highest BCUT2D eigenvalue weighted by Gasteiger charge is 2.21. The van der Waals surface area contributed by atoms with Gasteiger partial charge in [0.1, 0.15) is 0 Å². The molecule has 0 saturated heterocycles. The number of ether oxygens (including phenoxy) is 1. The van der Waals surface area contributed by atoms with Crippen molar-refractivity contribution in [1.82, 2.24) is 4.90 Å². The standard InChI is InChI=1S/C14H13NO3/c1-11-5-2-3-7-13(11)14(17)15-10-18-8-4-6-12(15)9-16/h2-9H,10H2,1H3. The Bertz CT molecular complexity index is 532. The summed E-state index contributed by atoms with van der Waals surface area (Å²) in [6.45, 7) is 1.89. The van der Waals surface area contributed by atoms with E-state index in [0.29, 0.717) is 11.8 Å². The lowest BCUT2D eigenvalue weighted by Crippen LogP contribution is -2.32. The fraction of sp³-hybridized carbons (Fsp3) is 0.143. The molecule has 18 heavy (non-hydrogen) atoms. The fourth-order valence-corrected chi connectivity index (χ4v) is 1.71. The topological polar surface area (TPSA) is 46.6 Å². The first-order chi connectivity index (χ1) is 8.74. The van der Waals surface area contributed by atoms with E-state index in [1.165, 1.54) is 11.2 Å². The van der Waals surface area contributed by atoms with E-state index >= 15 is 0 Å². The Morgan fingerprint density at radius 1 is 1.39 bits per heavy atom. The van der Waals surface area contributed by atoms with Crippen LogP contribution >= 0.6 is 0 Å². The van der Waals surface area contributed by atoms with Crippen molar-refractivity contribution in [1.29, 1.82) is 0 Å². The van der Waals surface area contributed by atoms with Gasteiger partial charge in [-0.15, -0.1) is 0 Å². The molecule has 1 heterocycles. The predicted octanol–water partition coefficient (Wildman–Crippen LogP) is 2.02. The van der Waals surface area contributed by atoms with Gasteiger partial charge in [-0.3, -0.25) is 14.5 Å². The molecular weight excluding hydrogens is 230 g/mol. The maximum Gasteiger partial charge on any atom is 0.261 e. The third-order valence-corrected chi connectivity index (χ3v) is 2.70. The van der Waals surface area contributed by atoms with E-state index in [9.17, 15) is 9.59 Å². The number of nitrogens with zero attached hydrogens (tertiary/aromatic N) is 1. The number of benzene rings is 1. The molecule has 0 fully saturated rings. The van der Waals surface area contributed by atoms with Crippen LogP contribution in [0, 0.1) is 6.92 Å². The van der Waals surface area contributed by atoms with Crippen LogP contribution in [0.25, 0.3) is 0 Å². The van der Waals surface area contributed by atoms with Gasteiger partial charge < -0.3 is 4.74 Å². The summed E-state index contributed by atoms with van der Waals surface area (Å²) in [5.41, 5.74) is 1.72. The van der Waals surface area contributed by atoms with Crippen LogP contribution in [0.5, 0.6) is 0 Å². The molecule has 0 unspecified atom stereocenters. The quantitative estimate of drug-likeness (QED) is 0.746. The zero-order valence-corrected chi connectivity index (χ0v) is 10.00. The van der Waals surface area contributed by atoms with Crippen molar-refractivity contribution in [3.8, 4) is 0 Å². The Labute approximate surface area is 105 Å². The van der Waals surface area contributed by atoms with Crippen LogP contribution < -0.4 is 0 Å². The van der Waals surface area contributed by atoms with Crippen LogP contribution in [0.15, 0.2) is 48.4 Å². The average molecular weight is 243 g/mol. The molecule has 4 nitrogen and oxygen atoms in total. The Hall–Kier alpha value is -2.36. The van der Waals surface area contributed by atoms with Crippen LogP contribution in [0.2, 0.25) is 0 Å². The minimum atomic E-state index is -0.241. The molecule has 0 aromatic heterocycles. The number of rotatable bonds is 2. The second-order valence-electron chi connectivity index (χ2n) is 3.88. The molecule has 1 amide bonds. The lowest BCUT2D eigenvalue weighted by Gasteiger charge is -2.21. The third-order valence-electron chi connectivity index (χ3n) is 2.70. The Morgan fingerprint density at radius 3 is 2.89 bits per heavy atom. The summed E-state index contributed by atoms with van der Waals surface area (Å²) in [7, 11) is 0. The van der Waals surface area contributed by atoms with Crippen molar-refractivity contribution in [3.63, 3.8) is 0 Å². The zero-order valence-electron chi connectivity index (χ0n) is 10.00. The van der Waals surface area contributed by atoms with E-state index in [0.717, 1.165) is 5.56 Å². The molecular formula is C14H13NO3. The first kappa shape index (κ1) is 12.1. The highest BCUT2D eigenvalue weighted by molar-refractivity contribution is 5.99. The average Bonchev–Trinajstić information content (AvgIpc) is 2.63. The van der Waals surface area contributed by atoms with Gasteiger partial charge in [0, 0.05) is 5.56 Å². The van der Waals surface area contributed by atoms with Crippen molar-refractivity contribution in [2.45, 2.75) is 6.92 Å². The van der Waals surface area contributed by atoms with E-state index in [2.05, 4.69) is 0 Å². The van der Waals surface area contributed by atoms with Crippen molar-refractivity contribution >= 4 is 12.2 Å². The van der Waals surface area contributed by atoms with E-state index < -0.39 is 0 Å². The van der Waals surface area contributed by atoms with Crippen molar-refractivity contribution in [3.05, 3.63) is 59.5 Å². The number of carbonyl (C=O) groups excluding carboxylic acids is 2. The maximum atomic E-state index is 12.4. The molecule has 0 aliphatic carbocycles. The number of amides is 1. The van der Waals surface area contributed by atoms with Gasteiger partial charge in [0.15, 0.2) is 13.0 Å². The van der Waals surface area contributed by atoms with Crippen LogP contribution in [0.1, 0.15) is 15.9 Å². The smallest absolute Gasteiger partial charge is 0.261 e.